The summed E-state index contributed by atoms with van der Waals surface area (Å²) in [4.78, 5) is 13.2. The molecule has 0 heterocycles. The smallest absolute Gasteiger partial charge is 0.271 e. The number of nitrogens with one attached hydrogen (secondary N) is 1. The van der Waals surface area contributed by atoms with Gasteiger partial charge in [-0.05, 0) is 30.3 Å². The zero-order valence-electron chi connectivity index (χ0n) is 14.4. The number of hydrogen-bond acceptors (Lipinski definition) is 4. The van der Waals surface area contributed by atoms with E-state index < -0.39 is 0 Å². The maximum Gasteiger partial charge on any atom is 0.271 e. The maximum absolute atomic E-state index is 12.1. The van der Waals surface area contributed by atoms with E-state index in [4.69, 9.17) is 4.74 Å². The summed E-state index contributed by atoms with van der Waals surface area (Å²) in [6, 6.07) is 14.9. The molecule has 2 aromatic carbocycles. The second kappa shape index (κ2) is 8.02. The van der Waals surface area contributed by atoms with E-state index in [1.165, 1.54) is 0 Å². The van der Waals surface area contributed by atoms with Gasteiger partial charge in [-0.25, -0.2) is 5.43 Å². The molecule has 2 rings (SSSR count). The van der Waals surface area contributed by atoms with Crippen LogP contribution in [0.25, 0.3) is 0 Å². The Morgan fingerprint density at radius 2 is 1.79 bits per heavy atom. The van der Waals surface area contributed by atoms with Crippen molar-refractivity contribution < 1.29 is 9.53 Å². The van der Waals surface area contributed by atoms with Gasteiger partial charge in [-0.1, -0.05) is 39.0 Å². The quantitative estimate of drug-likeness (QED) is 0.499. The normalized spacial score (nSPS) is 11.5. The van der Waals surface area contributed by atoms with Crippen LogP contribution in [-0.4, -0.2) is 24.0 Å². The number of nitrogens with zero attached hydrogens (tertiary/aromatic N) is 1. The molecule has 0 aromatic heterocycles. The van der Waals surface area contributed by atoms with Crippen molar-refractivity contribution in [3.8, 4) is 5.75 Å². The van der Waals surface area contributed by atoms with E-state index in [1.807, 2.05) is 18.2 Å². The number of amides is 1. The van der Waals surface area contributed by atoms with Gasteiger partial charge in [-0.15, -0.1) is 11.8 Å². The molecule has 1 N–H and O–H groups in total. The molecular weight excluding hydrogens is 320 g/mol. The van der Waals surface area contributed by atoms with Crippen molar-refractivity contribution in [2.75, 3.05) is 7.11 Å². The Labute approximate surface area is 147 Å². The van der Waals surface area contributed by atoms with Crippen LogP contribution < -0.4 is 10.2 Å². The van der Waals surface area contributed by atoms with Gasteiger partial charge in [0.05, 0.1) is 13.3 Å². The molecule has 0 bridgehead atoms. The van der Waals surface area contributed by atoms with Crippen LogP contribution >= 0.6 is 11.8 Å². The molecule has 0 saturated heterocycles. The summed E-state index contributed by atoms with van der Waals surface area (Å²) in [7, 11) is 1.59. The molecule has 126 valence electrons. The lowest BCUT2D eigenvalue weighted by Crippen LogP contribution is -2.17. The molecular formula is C19H22N2O2S. The van der Waals surface area contributed by atoms with E-state index in [9.17, 15) is 4.79 Å². The van der Waals surface area contributed by atoms with Gasteiger partial charge in [0.2, 0.25) is 0 Å². The molecule has 0 radical (unpaired) electrons. The van der Waals surface area contributed by atoms with Gasteiger partial charge in [0.1, 0.15) is 5.75 Å². The van der Waals surface area contributed by atoms with Gasteiger partial charge in [-0.3, -0.25) is 4.79 Å². The number of thioether (sulfide) groups is 1. The van der Waals surface area contributed by atoms with Gasteiger partial charge in [-0.2, -0.15) is 5.10 Å². The van der Waals surface area contributed by atoms with Crippen LogP contribution in [0.5, 0.6) is 5.75 Å². The molecule has 0 unspecified atom stereocenters. The minimum atomic E-state index is -0.255. The molecule has 0 aliphatic heterocycles. The third-order valence-electron chi connectivity index (χ3n) is 3.06. The summed E-state index contributed by atoms with van der Waals surface area (Å²) in [5, 5.41) is 4.08. The molecule has 1 amide bonds. The Kier molecular flexibility index (Phi) is 6.04. The fraction of sp³-hybridized carbons (Fsp3) is 0.263. The van der Waals surface area contributed by atoms with Gasteiger partial charge in [0, 0.05) is 20.8 Å². The third-order valence-corrected chi connectivity index (χ3v) is 4.26. The molecule has 0 saturated carbocycles. The van der Waals surface area contributed by atoms with Crippen LogP contribution in [0, 0.1) is 0 Å². The van der Waals surface area contributed by atoms with E-state index >= 15 is 0 Å². The lowest BCUT2D eigenvalue weighted by molar-refractivity contribution is 0.0955. The fourth-order valence-electron chi connectivity index (χ4n) is 1.98. The highest BCUT2D eigenvalue weighted by atomic mass is 32.2. The predicted molar refractivity (Wildman–Crippen MR) is 100 cm³/mol. The minimum Gasteiger partial charge on any atom is -0.497 e. The molecule has 0 aliphatic rings. The molecule has 0 atom stereocenters. The highest BCUT2D eigenvalue weighted by Crippen LogP contribution is 2.33. The van der Waals surface area contributed by atoms with Crippen LogP contribution in [0.2, 0.25) is 0 Å². The molecule has 0 aliphatic carbocycles. The number of ether oxygens (including phenoxy) is 1. The SMILES string of the molecule is COc1ccc(C(=O)NN=Cc2ccccc2SC(C)(C)C)cc1. The third kappa shape index (κ3) is 5.42. The Hall–Kier alpha value is -2.27. The van der Waals surface area contributed by atoms with Crippen molar-refractivity contribution >= 4 is 23.9 Å². The average Bonchev–Trinajstić information content (AvgIpc) is 2.55. The van der Waals surface area contributed by atoms with Crippen LogP contribution in [-0.2, 0) is 0 Å². The van der Waals surface area contributed by atoms with Crippen molar-refractivity contribution in [2.24, 2.45) is 5.10 Å². The summed E-state index contributed by atoms with van der Waals surface area (Å²) < 4.78 is 5.18. The summed E-state index contributed by atoms with van der Waals surface area (Å²) in [5.41, 5.74) is 4.07. The number of methoxy groups -OCH3 is 1. The van der Waals surface area contributed by atoms with Crippen molar-refractivity contribution in [1.82, 2.24) is 5.43 Å². The topological polar surface area (TPSA) is 50.7 Å². The number of carbonyl (C=O) groups is 1. The molecule has 24 heavy (non-hydrogen) atoms. The standard InChI is InChI=1S/C19H22N2O2S/c1-19(2,3)24-17-8-6-5-7-15(17)13-20-21-18(22)14-9-11-16(23-4)12-10-14/h5-13H,1-4H3,(H,21,22). The van der Waals surface area contributed by atoms with E-state index in [0.717, 1.165) is 10.5 Å². The highest BCUT2D eigenvalue weighted by molar-refractivity contribution is 8.00. The molecule has 0 spiro atoms. The van der Waals surface area contributed by atoms with Gasteiger partial charge in [0.25, 0.3) is 5.91 Å². The van der Waals surface area contributed by atoms with E-state index in [1.54, 1.807) is 49.4 Å². The first kappa shape index (κ1) is 18.1. The summed E-state index contributed by atoms with van der Waals surface area (Å²) in [6.45, 7) is 6.49. The molecule has 2 aromatic rings. The zero-order valence-corrected chi connectivity index (χ0v) is 15.2. The summed E-state index contributed by atoms with van der Waals surface area (Å²) in [6.07, 6.45) is 1.68. The largest absolute Gasteiger partial charge is 0.497 e. The second-order valence-electron chi connectivity index (χ2n) is 6.18. The van der Waals surface area contributed by atoms with Crippen molar-refractivity contribution in [2.45, 2.75) is 30.4 Å². The monoisotopic (exact) mass is 342 g/mol. The lowest BCUT2D eigenvalue weighted by Gasteiger charge is -2.18. The summed E-state index contributed by atoms with van der Waals surface area (Å²) in [5.74, 6) is 0.457. The first-order chi connectivity index (χ1) is 11.4. The van der Waals surface area contributed by atoms with Crippen molar-refractivity contribution in [3.63, 3.8) is 0 Å². The van der Waals surface area contributed by atoms with E-state index in [-0.39, 0.29) is 10.7 Å². The number of rotatable bonds is 5. The van der Waals surface area contributed by atoms with Crippen LogP contribution in [0.15, 0.2) is 58.5 Å². The van der Waals surface area contributed by atoms with Crippen molar-refractivity contribution in [1.29, 1.82) is 0 Å². The number of hydrazone groups is 1. The van der Waals surface area contributed by atoms with Crippen molar-refractivity contribution in [3.05, 3.63) is 59.7 Å². The Morgan fingerprint density at radius 3 is 2.42 bits per heavy atom. The fourth-order valence-corrected chi connectivity index (χ4v) is 3.02. The zero-order chi connectivity index (χ0) is 17.6. The van der Waals surface area contributed by atoms with Crippen LogP contribution in [0.3, 0.4) is 0 Å². The first-order valence-electron chi connectivity index (χ1n) is 7.64. The van der Waals surface area contributed by atoms with E-state index in [0.29, 0.717) is 11.3 Å². The van der Waals surface area contributed by atoms with Gasteiger partial charge >= 0.3 is 0 Å². The van der Waals surface area contributed by atoms with Crippen LogP contribution in [0.4, 0.5) is 0 Å². The highest BCUT2D eigenvalue weighted by Gasteiger charge is 2.13. The molecule has 0 fully saturated rings. The average molecular weight is 342 g/mol. The molecule has 4 nitrogen and oxygen atoms in total. The number of benzene rings is 2. The maximum atomic E-state index is 12.1. The predicted octanol–water partition coefficient (Wildman–Crippen LogP) is 4.35. The Bertz CT molecular complexity index is 719. The van der Waals surface area contributed by atoms with Gasteiger partial charge < -0.3 is 4.74 Å². The first-order valence-corrected chi connectivity index (χ1v) is 8.46. The Morgan fingerprint density at radius 1 is 1.12 bits per heavy atom. The number of carbonyl (C=O) groups excluding carboxylic acids is 1. The lowest BCUT2D eigenvalue weighted by atomic mass is 10.2. The summed E-state index contributed by atoms with van der Waals surface area (Å²) >= 11 is 1.77. The van der Waals surface area contributed by atoms with E-state index in [2.05, 4.69) is 37.4 Å². The minimum absolute atomic E-state index is 0.107. The molecule has 5 heteroatoms. The second-order valence-corrected chi connectivity index (χ2v) is 8.05. The number of hydrogen-bond donors (Lipinski definition) is 1. The van der Waals surface area contributed by atoms with Gasteiger partial charge in [0.15, 0.2) is 0 Å². The van der Waals surface area contributed by atoms with Crippen LogP contribution in [0.1, 0.15) is 36.7 Å². The Balaban J connectivity index is 2.04.